The Bertz CT molecular complexity index is 320. The van der Waals surface area contributed by atoms with Crippen LogP contribution in [0.1, 0.15) is 42.4 Å². The van der Waals surface area contributed by atoms with Crippen LogP contribution in [0.4, 0.5) is 0 Å². The Morgan fingerprint density at radius 2 is 1.87 bits per heavy atom. The Kier molecular flexibility index (Phi) is 4.25. The molecule has 4 heteroatoms. The number of thiazole rings is 1. The molecule has 0 bridgehead atoms. The quantitative estimate of drug-likeness (QED) is 0.828. The Morgan fingerprint density at radius 1 is 1.27 bits per heavy atom. The van der Waals surface area contributed by atoms with Crippen LogP contribution in [0.5, 0.6) is 0 Å². The number of nitrogens with two attached hydrogens (primary N) is 1. The van der Waals surface area contributed by atoms with Crippen molar-refractivity contribution in [2.45, 2.75) is 52.7 Å². The molecule has 0 fully saturated rings. The Hall–Kier alpha value is -0.450. The molecule has 0 saturated heterocycles. The van der Waals surface area contributed by atoms with Crippen LogP contribution in [0.25, 0.3) is 0 Å². The zero-order valence-corrected chi connectivity index (χ0v) is 11.0. The number of rotatable bonds is 4. The lowest BCUT2D eigenvalue weighted by Crippen LogP contribution is -2.41. The number of nitrogens with zero attached hydrogens (tertiary/aromatic N) is 1. The van der Waals surface area contributed by atoms with Crippen LogP contribution >= 0.6 is 11.3 Å². The molecule has 0 aliphatic carbocycles. The van der Waals surface area contributed by atoms with Gasteiger partial charge >= 0.3 is 0 Å². The predicted molar refractivity (Wildman–Crippen MR) is 66.3 cm³/mol. The Morgan fingerprint density at radius 3 is 2.27 bits per heavy atom. The van der Waals surface area contributed by atoms with Crippen LogP contribution in [0.15, 0.2) is 0 Å². The van der Waals surface area contributed by atoms with Crippen molar-refractivity contribution >= 4 is 11.3 Å². The second-order valence-electron chi connectivity index (χ2n) is 4.22. The maximum absolute atomic E-state index is 5.83. The molecule has 3 unspecified atom stereocenters. The molecule has 0 aliphatic heterocycles. The first kappa shape index (κ1) is 12.6. The maximum Gasteiger partial charge on any atom is 0.0900 e. The monoisotopic (exact) mass is 227 g/mol. The lowest BCUT2D eigenvalue weighted by molar-refractivity contribution is 0.432. The van der Waals surface area contributed by atoms with Crippen molar-refractivity contribution in [2.24, 2.45) is 5.73 Å². The van der Waals surface area contributed by atoms with Crippen LogP contribution in [0, 0.1) is 13.8 Å². The molecule has 15 heavy (non-hydrogen) atoms. The zero-order valence-electron chi connectivity index (χ0n) is 10.2. The van der Waals surface area contributed by atoms with Gasteiger partial charge in [-0.25, -0.2) is 4.98 Å². The highest BCUT2D eigenvalue weighted by Crippen LogP contribution is 2.24. The molecule has 3 N–H and O–H groups in total. The molecular weight excluding hydrogens is 206 g/mol. The van der Waals surface area contributed by atoms with Gasteiger partial charge in [-0.1, -0.05) is 0 Å². The van der Waals surface area contributed by atoms with Crippen molar-refractivity contribution < 1.29 is 0 Å². The molecular formula is C11H21N3S. The first-order valence-electron chi connectivity index (χ1n) is 5.37. The highest BCUT2D eigenvalue weighted by Gasteiger charge is 2.16. The molecule has 0 saturated carbocycles. The third-order valence-electron chi connectivity index (χ3n) is 2.63. The molecule has 0 aliphatic rings. The molecule has 0 amide bonds. The second-order valence-corrected chi connectivity index (χ2v) is 5.45. The minimum atomic E-state index is 0.168. The third kappa shape index (κ3) is 3.26. The number of hydrogen-bond donors (Lipinski definition) is 2. The van der Waals surface area contributed by atoms with Gasteiger partial charge in [-0.2, -0.15) is 0 Å². The van der Waals surface area contributed by atoms with Gasteiger partial charge in [-0.15, -0.1) is 11.3 Å². The van der Waals surface area contributed by atoms with E-state index in [9.17, 15) is 0 Å². The largest absolute Gasteiger partial charge is 0.327 e. The summed E-state index contributed by atoms with van der Waals surface area (Å²) in [4.78, 5) is 5.75. The molecule has 86 valence electrons. The molecule has 1 aromatic heterocycles. The van der Waals surface area contributed by atoms with Gasteiger partial charge in [0.05, 0.1) is 10.7 Å². The van der Waals surface area contributed by atoms with Gasteiger partial charge in [0.25, 0.3) is 0 Å². The fraction of sp³-hybridized carbons (Fsp3) is 0.727. The third-order valence-corrected chi connectivity index (χ3v) is 3.89. The van der Waals surface area contributed by atoms with Gasteiger partial charge in [-0.05, 0) is 34.6 Å². The standard InChI is InChI=1S/C11H21N3S/c1-6(12)7(2)13-8(3)11-9(4)14-10(5)15-11/h6-8,13H,12H2,1-5H3. The molecule has 3 atom stereocenters. The summed E-state index contributed by atoms with van der Waals surface area (Å²) in [5.74, 6) is 0. The van der Waals surface area contributed by atoms with Crippen molar-refractivity contribution in [3.8, 4) is 0 Å². The van der Waals surface area contributed by atoms with E-state index in [1.807, 2.05) is 13.8 Å². The van der Waals surface area contributed by atoms with Crippen LogP contribution in [0.2, 0.25) is 0 Å². The fourth-order valence-corrected chi connectivity index (χ4v) is 2.51. The van der Waals surface area contributed by atoms with E-state index in [1.165, 1.54) is 4.88 Å². The van der Waals surface area contributed by atoms with E-state index in [4.69, 9.17) is 5.73 Å². The van der Waals surface area contributed by atoms with Gasteiger partial charge in [0.2, 0.25) is 0 Å². The van der Waals surface area contributed by atoms with E-state index in [0.717, 1.165) is 10.7 Å². The summed E-state index contributed by atoms with van der Waals surface area (Å²) < 4.78 is 0. The van der Waals surface area contributed by atoms with Crippen molar-refractivity contribution in [3.63, 3.8) is 0 Å². The number of hydrogen-bond acceptors (Lipinski definition) is 4. The smallest absolute Gasteiger partial charge is 0.0900 e. The van der Waals surface area contributed by atoms with Crippen molar-refractivity contribution in [3.05, 3.63) is 15.6 Å². The topological polar surface area (TPSA) is 50.9 Å². The number of aromatic nitrogens is 1. The molecule has 1 aromatic rings. The highest BCUT2D eigenvalue weighted by atomic mass is 32.1. The normalized spacial score (nSPS) is 17.5. The summed E-state index contributed by atoms with van der Waals surface area (Å²) in [5.41, 5.74) is 6.96. The van der Waals surface area contributed by atoms with E-state index in [1.54, 1.807) is 11.3 Å². The zero-order chi connectivity index (χ0) is 11.6. The Balaban J connectivity index is 2.68. The molecule has 3 nitrogen and oxygen atoms in total. The maximum atomic E-state index is 5.83. The van der Waals surface area contributed by atoms with Crippen molar-refractivity contribution in [1.29, 1.82) is 0 Å². The summed E-state index contributed by atoms with van der Waals surface area (Å²) in [7, 11) is 0. The molecule has 1 rings (SSSR count). The van der Waals surface area contributed by atoms with Gasteiger partial charge in [0, 0.05) is 23.0 Å². The SMILES string of the molecule is Cc1nc(C)c(C(C)NC(C)C(C)N)s1. The van der Waals surface area contributed by atoms with Crippen LogP contribution in [-0.4, -0.2) is 17.1 Å². The Labute approximate surface area is 96.1 Å². The van der Waals surface area contributed by atoms with E-state index >= 15 is 0 Å². The predicted octanol–water partition coefficient (Wildman–Crippen LogP) is 2.15. The highest BCUT2D eigenvalue weighted by molar-refractivity contribution is 7.11. The molecule has 0 spiro atoms. The summed E-state index contributed by atoms with van der Waals surface area (Å²) in [6, 6.07) is 0.820. The van der Waals surface area contributed by atoms with Gasteiger partial charge in [0.1, 0.15) is 0 Å². The first-order valence-corrected chi connectivity index (χ1v) is 6.19. The van der Waals surface area contributed by atoms with Crippen molar-refractivity contribution in [1.82, 2.24) is 10.3 Å². The van der Waals surface area contributed by atoms with Gasteiger partial charge in [0.15, 0.2) is 0 Å². The lowest BCUT2D eigenvalue weighted by Gasteiger charge is -2.22. The van der Waals surface area contributed by atoms with Crippen LogP contribution in [-0.2, 0) is 0 Å². The van der Waals surface area contributed by atoms with Crippen molar-refractivity contribution in [2.75, 3.05) is 0 Å². The summed E-state index contributed by atoms with van der Waals surface area (Å²) in [5, 5.41) is 4.62. The van der Waals surface area contributed by atoms with E-state index < -0.39 is 0 Å². The molecule has 1 heterocycles. The van der Waals surface area contributed by atoms with Gasteiger partial charge < -0.3 is 11.1 Å². The summed E-state index contributed by atoms with van der Waals surface area (Å²) >= 11 is 1.76. The summed E-state index contributed by atoms with van der Waals surface area (Å²) in [6.45, 7) is 10.4. The number of nitrogens with one attached hydrogen (secondary N) is 1. The minimum Gasteiger partial charge on any atom is -0.327 e. The fourth-order valence-electron chi connectivity index (χ4n) is 1.57. The summed E-state index contributed by atoms with van der Waals surface area (Å²) in [6.07, 6.45) is 0. The van der Waals surface area contributed by atoms with E-state index in [2.05, 4.69) is 31.1 Å². The van der Waals surface area contributed by atoms with Crippen LogP contribution < -0.4 is 11.1 Å². The van der Waals surface area contributed by atoms with E-state index in [0.29, 0.717) is 12.1 Å². The average molecular weight is 227 g/mol. The van der Waals surface area contributed by atoms with Gasteiger partial charge in [-0.3, -0.25) is 0 Å². The van der Waals surface area contributed by atoms with Crippen LogP contribution in [0.3, 0.4) is 0 Å². The average Bonchev–Trinajstić information content (AvgIpc) is 2.44. The molecule has 0 radical (unpaired) electrons. The van der Waals surface area contributed by atoms with E-state index in [-0.39, 0.29) is 6.04 Å². The lowest BCUT2D eigenvalue weighted by atomic mass is 10.1. The first-order chi connectivity index (χ1) is 6.91. The minimum absolute atomic E-state index is 0.168. The second kappa shape index (κ2) is 5.05. The molecule has 0 aromatic carbocycles. The number of aryl methyl sites for hydroxylation is 2.